The highest BCUT2D eigenvalue weighted by Crippen LogP contribution is 2.45. The Labute approximate surface area is 173 Å². The first-order chi connectivity index (χ1) is 13.8. The number of aliphatic hydroxyl groups is 2. The van der Waals surface area contributed by atoms with E-state index in [9.17, 15) is 19.0 Å². The summed E-state index contributed by atoms with van der Waals surface area (Å²) >= 11 is 6.18. The highest BCUT2D eigenvalue weighted by molar-refractivity contribution is 6.31. The Morgan fingerprint density at radius 2 is 1.93 bits per heavy atom. The maximum atomic E-state index is 13.4. The lowest BCUT2D eigenvalue weighted by atomic mass is 9.81. The van der Waals surface area contributed by atoms with Crippen molar-refractivity contribution in [3.63, 3.8) is 0 Å². The zero-order valence-corrected chi connectivity index (χ0v) is 16.9. The van der Waals surface area contributed by atoms with Gasteiger partial charge in [-0.1, -0.05) is 17.7 Å². The van der Waals surface area contributed by atoms with Gasteiger partial charge < -0.3 is 19.8 Å². The molecule has 0 aromatic heterocycles. The monoisotopic (exact) mass is 423 g/mol. The molecule has 29 heavy (non-hydrogen) atoms. The number of fused-ring (bicyclic) bond motifs is 1. The van der Waals surface area contributed by atoms with E-state index in [4.69, 9.17) is 16.3 Å². The minimum atomic E-state index is -0.960. The fraction of sp³-hybridized carbons (Fsp3) is 0.455. The second-order valence-electron chi connectivity index (χ2n) is 8.13. The van der Waals surface area contributed by atoms with Crippen LogP contribution in [0.1, 0.15) is 48.2 Å². The van der Waals surface area contributed by atoms with Gasteiger partial charge in [0.25, 0.3) is 0 Å². The number of aliphatic hydroxyl groups excluding tert-OH is 2. The molecule has 4 rings (SSSR count). The Morgan fingerprint density at radius 3 is 2.62 bits per heavy atom. The summed E-state index contributed by atoms with van der Waals surface area (Å²) in [4.78, 5) is 2.08. The highest BCUT2D eigenvalue weighted by Gasteiger charge is 2.43. The van der Waals surface area contributed by atoms with Crippen LogP contribution in [0.3, 0.4) is 0 Å². The summed E-state index contributed by atoms with van der Waals surface area (Å²) in [5.41, 5.74) is 1.54. The fourth-order valence-electron chi connectivity index (χ4n) is 4.28. The first-order valence-corrected chi connectivity index (χ1v) is 10.2. The lowest BCUT2D eigenvalue weighted by molar-refractivity contribution is -0.0588. The Balaban J connectivity index is 1.41. The maximum absolute atomic E-state index is 13.4. The second kappa shape index (κ2) is 7.84. The molecular formula is C22H24ClF2NO3. The van der Waals surface area contributed by atoms with Crippen molar-refractivity contribution >= 4 is 11.6 Å². The lowest BCUT2D eigenvalue weighted by Crippen LogP contribution is -2.51. The standard InChI is InChI=1S/C22H24ClF2NO3/c1-13-8-21-15(10-16(13)23)19(27)11-22(29-21)4-6-26(7-5-22)12-20(28)14-2-3-17(24)18(25)9-14/h2-3,8-10,19-20,27-28H,4-7,11-12H2,1H3/t19-,20-/m1/s1. The normalized spacial score (nSPS) is 22.2. The molecule has 0 aliphatic carbocycles. The third-order valence-electron chi connectivity index (χ3n) is 6.07. The molecule has 2 heterocycles. The molecule has 2 N–H and O–H groups in total. The van der Waals surface area contributed by atoms with Crippen molar-refractivity contribution in [1.82, 2.24) is 4.90 Å². The third kappa shape index (κ3) is 4.12. The number of β-amino-alcohol motifs (C(OH)–C–C–N with tert-alkyl or cyclic N) is 1. The van der Waals surface area contributed by atoms with Crippen LogP contribution in [0.2, 0.25) is 5.02 Å². The number of piperidine rings is 1. The van der Waals surface area contributed by atoms with Crippen molar-refractivity contribution in [3.05, 3.63) is 63.7 Å². The van der Waals surface area contributed by atoms with Crippen molar-refractivity contribution in [2.45, 2.75) is 44.0 Å². The molecule has 2 aliphatic rings. The molecule has 0 saturated carbocycles. The Kier molecular flexibility index (Phi) is 5.55. The minimum Gasteiger partial charge on any atom is -0.487 e. The third-order valence-corrected chi connectivity index (χ3v) is 6.48. The van der Waals surface area contributed by atoms with E-state index in [0.717, 1.165) is 23.3 Å². The van der Waals surface area contributed by atoms with Gasteiger partial charge in [-0.25, -0.2) is 8.78 Å². The lowest BCUT2D eigenvalue weighted by Gasteiger charge is -2.46. The molecule has 7 heteroatoms. The van der Waals surface area contributed by atoms with Gasteiger partial charge in [-0.05, 0) is 55.2 Å². The zero-order chi connectivity index (χ0) is 20.8. The molecule has 0 bridgehead atoms. The molecule has 1 fully saturated rings. The predicted octanol–water partition coefficient (Wildman–Crippen LogP) is 4.31. The van der Waals surface area contributed by atoms with E-state index in [2.05, 4.69) is 4.90 Å². The average molecular weight is 424 g/mol. The number of aryl methyl sites for hydroxylation is 1. The van der Waals surface area contributed by atoms with Crippen LogP contribution in [0.25, 0.3) is 0 Å². The SMILES string of the molecule is Cc1cc2c(cc1Cl)[C@H](O)CC1(CCN(C[C@@H](O)c3ccc(F)c(F)c3)CC1)O2. The van der Waals surface area contributed by atoms with Gasteiger partial charge in [0.2, 0.25) is 0 Å². The van der Waals surface area contributed by atoms with E-state index in [-0.39, 0.29) is 0 Å². The van der Waals surface area contributed by atoms with Crippen LogP contribution in [0.4, 0.5) is 8.78 Å². The van der Waals surface area contributed by atoms with E-state index in [1.807, 2.05) is 13.0 Å². The second-order valence-corrected chi connectivity index (χ2v) is 8.54. The number of hydrogen-bond donors (Lipinski definition) is 2. The number of benzene rings is 2. The van der Waals surface area contributed by atoms with E-state index in [1.165, 1.54) is 6.07 Å². The molecule has 2 atom stereocenters. The smallest absolute Gasteiger partial charge is 0.159 e. The van der Waals surface area contributed by atoms with Crippen molar-refractivity contribution in [1.29, 1.82) is 0 Å². The van der Waals surface area contributed by atoms with E-state index >= 15 is 0 Å². The van der Waals surface area contributed by atoms with Gasteiger partial charge in [0.15, 0.2) is 11.6 Å². The highest BCUT2D eigenvalue weighted by atomic mass is 35.5. The zero-order valence-electron chi connectivity index (χ0n) is 16.2. The molecular weight excluding hydrogens is 400 g/mol. The van der Waals surface area contributed by atoms with Crippen LogP contribution >= 0.6 is 11.6 Å². The van der Waals surface area contributed by atoms with Gasteiger partial charge in [0.05, 0.1) is 12.2 Å². The molecule has 2 aromatic rings. The number of ether oxygens (including phenoxy) is 1. The van der Waals surface area contributed by atoms with Crippen molar-refractivity contribution in [2.24, 2.45) is 0 Å². The summed E-state index contributed by atoms with van der Waals surface area (Å²) in [6.07, 6.45) is 0.378. The van der Waals surface area contributed by atoms with Gasteiger partial charge in [0.1, 0.15) is 11.4 Å². The van der Waals surface area contributed by atoms with Crippen LogP contribution in [0, 0.1) is 18.6 Å². The molecule has 0 unspecified atom stereocenters. The van der Waals surface area contributed by atoms with Crippen LogP contribution in [0.5, 0.6) is 5.75 Å². The van der Waals surface area contributed by atoms with Crippen LogP contribution < -0.4 is 4.74 Å². The summed E-state index contributed by atoms with van der Waals surface area (Å²) in [6.45, 7) is 3.58. The number of nitrogens with zero attached hydrogens (tertiary/aromatic N) is 1. The molecule has 4 nitrogen and oxygen atoms in total. The Morgan fingerprint density at radius 1 is 1.21 bits per heavy atom. The van der Waals surface area contributed by atoms with Crippen LogP contribution in [-0.4, -0.2) is 40.3 Å². The molecule has 0 radical (unpaired) electrons. The average Bonchev–Trinajstić information content (AvgIpc) is 2.68. The number of likely N-dealkylation sites (tertiary alicyclic amines) is 1. The van der Waals surface area contributed by atoms with Crippen LogP contribution in [-0.2, 0) is 0 Å². The Bertz CT molecular complexity index is 915. The van der Waals surface area contributed by atoms with Gasteiger partial charge in [0, 0.05) is 36.6 Å². The number of rotatable bonds is 3. The fourth-order valence-corrected chi connectivity index (χ4v) is 4.45. The summed E-state index contributed by atoms with van der Waals surface area (Å²) in [6, 6.07) is 7.12. The molecule has 2 aromatic carbocycles. The van der Waals surface area contributed by atoms with E-state index < -0.39 is 29.4 Å². The number of hydrogen-bond acceptors (Lipinski definition) is 4. The van der Waals surface area contributed by atoms with Gasteiger partial charge in [-0.2, -0.15) is 0 Å². The van der Waals surface area contributed by atoms with Crippen LogP contribution in [0.15, 0.2) is 30.3 Å². The minimum absolute atomic E-state index is 0.328. The van der Waals surface area contributed by atoms with Crippen molar-refractivity contribution < 1.29 is 23.7 Å². The predicted molar refractivity (Wildman–Crippen MR) is 106 cm³/mol. The quantitative estimate of drug-likeness (QED) is 0.772. The summed E-state index contributed by atoms with van der Waals surface area (Å²) < 4.78 is 32.9. The summed E-state index contributed by atoms with van der Waals surface area (Å²) in [5, 5.41) is 21.7. The number of halogens is 3. The van der Waals surface area contributed by atoms with Gasteiger partial charge in [-0.3, -0.25) is 0 Å². The van der Waals surface area contributed by atoms with Gasteiger partial charge >= 0.3 is 0 Å². The maximum Gasteiger partial charge on any atom is 0.159 e. The topological polar surface area (TPSA) is 52.9 Å². The van der Waals surface area contributed by atoms with Crippen molar-refractivity contribution in [2.75, 3.05) is 19.6 Å². The first kappa shape index (κ1) is 20.5. The molecule has 0 amide bonds. The van der Waals surface area contributed by atoms with E-state index in [0.29, 0.717) is 55.2 Å². The largest absolute Gasteiger partial charge is 0.487 e. The summed E-state index contributed by atoms with van der Waals surface area (Å²) in [5.74, 6) is -1.20. The van der Waals surface area contributed by atoms with Gasteiger partial charge in [-0.15, -0.1) is 0 Å². The molecule has 156 valence electrons. The summed E-state index contributed by atoms with van der Waals surface area (Å²) in [7, 11) is 0. The van der Waals surface area contributed by atoms with E-state index in [1.54, 1.807) is 6.07 Å². The Hall–Kier alpha value is -1.73. The van der Waals surface area contributed by atoms with Crippen molar-refractivity contribution in [3.8, 4) is 5.75 Å². The first-order valence-electron chi connectivity index (χ1n) is 9.79. The molecule has 1 spiro atoms. The molecule has 1 saturated heterocycles. The molecule has 2 aliphatic heterocycles.